The Morgan fingerprint density at radius 3 is 2.67 bits per heavy atom. The topological polar surface area (TPSA) is 77.1 Å². The second-order valence-electron chi connectivity index (χ2n) is 10.6. The number of hydrogen-bond acceptors (Lipinski definition) is 5. The van der Waals surface area contributed by atoms with Gasteiger partial charge in [0.05, 0.1) is 31.2 Å². The van der Waals surface area contributed by atoms with Gasteiger partial charge in [0.2, 0.25) is 5.91 Å². The number of fused-ring (bicyclic) bond motifs is 4. The van der Waals surface area contributed by atoms with E-state index in [1.165, 1.54) is 18.4 Å². The zero-order valence-electron chi connectivity index (χ0n) is 22.4. The first-order valence-corrected chi connectivity index (χ1v) is 14.4. The SMILES string of the molecule is O=C1NCCN(C(=O)Cc2cc(Cl)c3c(c2)OCCCO3)CCOc2ccc(C3CC3)cc2Cc2cccc1c2. The molecule has 0 aromatic heterocycles. The maximum Gasteiger partial charge on any atom is 0.251 e. The number of halogens is 1. The molecule has 0 unspecified atom stereocenters. The fourth-order valence-electron chi connectivity index (χ4n) is 5.30. The van der Waals surface area contributed by atoms with Gasteiger partial charge >= 0.3 is 0 Å². The van der Waals surface area contributed by atoms with Crippen LogP contribution >= 0.6 is 11.6 Å². The third kappa shape index (κ3) is 6.20. The molecule has 3 aromatic rings. The van der Waals surface area contributed by atoms with Gasteiger partial charge in [0.1, 0.15) is 12.4 Å². The fraction of sp³-hybridized carbons (Fsp3) is 0.375. The van der Waals surface area contributed by atoms with Crippen molar-refractivity contribution in [2.45, 2.75) is 38.0 Å². The second kappa shape index (κ2) is 11.8. The molecule has 1 N–H and O–H groups in total. The van der Waals surface area contributed by atoms with E-state index in [9.17, 15) is 9.59 Å². The summed E-state index contributed by atoms with van der Waals surface area (Å²) in [5.41, 5.74) is 4.85. The summed E-state index contributed by atoms with van der Waals surface area (Å²) < 4.78 is 17.8. The van der Waals surface area contributed by atoms with Crippen molar-refractivity contribution >= 4 is 23.4 Å². The lowest BCUT2D eigenvalue weighted by Crippen LogP contribution is -2.41. The first-order valence-electron chi connectivity index (χ1n) is 14.0. The minimum atomic E-state index is -0.149. The lowest BCUT2D eigenvalue weighted by Gasteiger charge is -2.24. The molecule has 208 valence electrons. The minimum absolute atomic E-state index is 0.0817. The van der Waals surface area contributed by atoms with E-state index < -0.39 is 0 Å². The maximum atomic E-state index is 13.5. The number of carbonyl (C=O) groups excluding carboxylic acids is 2. The number of nitrogens with one attached hydrogen (secondary N) is 1. The van der Waals surface area contributed by atoms with Gasteiger partial charge in [0.15, 0.2) is 11.5 Å². The smallest absolute Gasteiger partial charge is 0.251 e. The lowest BCUT2D eigenvalue weighted by molar-refractivity contribution is -0.130. The van der Waals surface area contributed by atoms with E-state index in [4.69, 9.17) is 25.8 Å². The van der Waals surface area contributed by atoms with E-state index in [1.807, 2.05) is 30.3 Å². The minimum Gasteiger partial charge on any atom is -0.491 e. The van der Waals surface area contributed by atoms with Crippen molar-refractivity contribution in [2.75, 3.05) is 39.5 Å². The number of nitrogens with zero attached hydrogens (tertiary/aromatic N) is 1. The van der Waals surface area contributed by atoms with Crippen LogP contribution in [0, 0.1) is 0 Å². The normalized spacial score (nSPS) is 17.5. The molecule has 40 heavy (non-hydrogen) atoms. The Kier molecular flexibility index (Phi) is 7.82. The maximum absolute atomic E-state index is 13.5. The van der Waals surface area contributed by atoms with Crippen LogP contribution in [0.3, 0.4) is 0 Å². The molecule has 0 atom stereocenters. The quantitative estimate of drug-likeness (QED) is 0.479. The van der Waals surface area contributed by atoms with Crippen LogP contribution in [0.2, 0.25) is 5.02 Å². The number of benzene rings is 3. The van der Waals surface area contributed by atoms with Gasteiger partial charge in [-0.25, -0.2) is 0 Å². The molecule has 0 spiro atoms. The van der Waals surface area contributed by atoms with E-state index in [0.717, 1.165) is 28.9 Å². The van der Waals surface area contributed by atoms with Crippen LogP contribution in [0.1, 0.15) is 57.8 Å². The molecule has 6 rings (SSSR count). The zero-order valence-corrected chi connectivity index (χ0v) is 23.2. The van der Waals surface area contributed by atoms with Gasteiger partial charge in [0.25, 0.3) is 5.91 Å². The van der Waals surface area contributed by atoms with Gasteiger partial charge < -0.3 is 24.4 Å². The summed E-state index contributed by atoms with van der Waals surface area (Å²) in [5, 5.41) is 3.40. The van der Waals surface area contributed by atoms with Gasteiger partial charge in [-0.3, -0.25) is 9.59 Å². The highest BCUT2D eigenvalue weighted by atomic mass is 35.5. The average molecular weight is 561 g/mol. The third-order valence-electron chi connectivity index (χ3n) is 7.57. The highest BCUT2D eigenvalue weighted by Gasteiger charge is 2.25. The zero-order chi connectivity index (χ0) is 27.5. The predicted molar refractivity (Wildman–Crippen MR) is 153 cm³/mol. The summed E-state index contributed by atoms with van der Waals surface area (Å²) in [6.45, 7) is 2.51. The number of amides is 2. The molecule has 2 amide bonds. The molecular formula is C32H33ClN2O5. The molecule has 3 aliphatic rings. The highest BCUT2D eigenvalue weighted by Crippen LogP contribution is 2.42. The molecule has 2 bridgehead atoms. The summed E-state index contributed by atoms with van der Waals surface area (Å²) in [5.74, 6) is 2.30. The summed E-state index contributed by atoms with van der Waals surface area (Å²) in [7, 11) is 0. The van der Waals surface area contributed by atoms with Crippen molar-refractivity contribution < 1.29 is 23.8 Å². The van der Waals surface area contributed by atoms with E-state index in [1.54, 1.807) is 11.0 Å². The third-order valence-corrected chi connectivity index (χ3v) is 7.85. The van der Waals surface area contributed by atoms with E-state index in [-0.39, 0.29) is 18.2 Å². The molecule has 7 nitrogen and oxygen atoms in total. The van der Waals surface area contributed by atoms with Crippen LogP contribution in [0.25, 0.3) is 0 Å². The summed E-state index contributed by atoms with van der Waals surface area (Å²) >= 11 is 6.47. The molecule has 1 aliphatic carbocycles. The summed E-state index contributed by atoms with van der Waals surface area (Å²) in [4.78, 5) is 28.2. The van der Waals surface area contributed by atoms with Gasteiger partial charge in [-0.1, -0.05) is 35.9 Å². The summed E-state index contributed by atoms with van der Waals surface area (Å²) in [6, 6.07) is 17.7. The van der Waals surface area contributed by atoms with Crippen molar-refractivity contribution in [3.8, 4) is 17.2 Å². The van der Waals surface area contributed by atoms with E-state index >= 15 is 0 Å². The lowest BCUT2D eigenvalue weighted by atomic mass is 9.98. The molecular weight excluding hydrogens is 528 g/mol. The molecule has 0 radical (unpaired) electrons. The first kappa shape index (κ1) is 26.5. The monoisotopic (exact) mass is 560 g/mol. The average Bonchev–Trinajstić information content (AvgIpc) is 3.80. The van der Waals surface area contributed by atoms with Gasteiger partial charge in [-0.05, 0) is 71.3 Å². The molecule has 3 aromatic carbocycles. The van der Waals surface area contributed by atoms with E-state index in [2.05, 4.69) is 23.5 Å². The van der Waals surface area contributed by atoms with Crippen LogP contribution in [0.5, 0.6) is 17.2 Å². The largest absolute Gasteiger partial charge is 0.491 e. The number of rotatable bonds is 3. The standard InChI is InChI=1S/C32H33ClN2O5/c33-27-17-22(18-29-31(27)40-13-2-12-38-29)19-30(36)35-10-9-34-32(37)25-4-1-3-21(15-25)16-26-20-24(23-5-6-23)7-8-28(26)39-14-11-35/h1,3-4,7-8,15,17-18,20,23H,2,5-6,9-14,16,19H2,(H,34,37). The Hall–Kier alpha value is -3.71. The van der Waals surface area contributed by atoms with Gasteiger partial charge in [-0.2, -0.15) is 0 Å². The molecule has 1 fully saturated rings. The molecule has 2 aliphatic heterocycles. The molecule has 8 heteroatoms. The van der Waals surface area contributed by atoms with Crippen LogP contribution in [-0.2, 0) is 17.6 Å². The van der Waals surface area contributed by atoms with Crippen molar-refractivity contribution in [3.63, 3.8) is 0 Å². The second-order valence-corrected chi connectivity index (χ2v) is 11.0. The molecule has 1 saturated carbocycles. The van der Waals surface area contributed by atoms with Crippen molar-refractivity contribution in [1.82, 2.24) is 10.2 Å². The number of ether oxygens (including phenoxy) is 3. The van der Waals surface area contributed by atoms with Crippen molar-refractivity contribution in [3.05, 3.63) is 87.4 Å². The van der Waals surface area contributed by atoms with E-state index in [0.29, 0.717) is 73.9 Å². The van der Waals surface area contributed by atoms with Crippen LogP contribution in [0.15, 0.2) is 54.6 Å². The predicted octanol–water partition coefficient (Wildman–Crippen LogP) is 5.16. The fourth-order valence-corrected chi connectivity index (χ4v) is 5.59. The Morgan fingerprint density at radius 1 is 0.950 bits per heavy atom. The Labute approximate surface area is 239 Å². The van der Waals surface area contributed by atoms with Gasteiger partial charge in [-0.15, -0.1) is 0 Å². The molecule has 0 saturated heterocycles. The van der Waals surface area contributed by atoms with Crippen molar-refractivity contribution in [1.29, 1.82) is 0 Å². The van der Waals surface area contributed by atoms with Crippen LogP contribution in [-0.4, -0.2) is 56.2 Å². The highest BCUT2D eigenvalue weighted by molar-refractivity contribution is 6.32. The first-order chi connectivity index (χ1) is 19.5. The van der Waals surface area contributed by atoms with Crippen LogP contribution < -0.4 is 19.5 Å². The number of hydrogen-bond donors (Lipinski definition) is 1. The van der Waals surface area contributed by atoms with Crippen molar-refractivity contribution in [2.24, 2.45) is 0 Å². The Bertz CT molecular complexity index is 1420. The Balaban J connectivity index is 1.22. The van der Waals surface area contributed by atoms with Crippen LogP contribution in [0.4, 0.5) is 0 Å². The number of carbonyl (C=O) groups is 2. The summed E-state index contributed by atoms with van der Waals surface area (Å²) in [6.07, 6.45) is 4.04. The molecule has 2 heterocycles. The Morgan fingerprint density at radius 2 is 1.80 bits per heavy atom. The van der Waals surface area contributed by atoms with Gasteiger partial charge in [0, 0.05) is 31.5 Å².